The maximum absolute atomic E-state index is 13.7. The highest BCUT2D eigenvalue weighted by Crippen LogP contribution is 2.34. The molecule has 0 saturated carbocycles. The zero-order valence-electron chi connectivity index (χ0n) is 10.0. The molecule has 112 valence electrons. The summed E-state index contributed by atoms with van der Waals surface area (Å²) in [6, 6.07) is 6.30. The van der Waals surface area contributed by atoms with E-state index in [1.807, 2.05) is 0 Å². The van der Waals surface area contributed by atoms with E-state index in [1.165, 1.54) is 24.3 Å². The van der Waals surface area contributed by atoms with Gasteiger partial charge in [0.05, 0.1) is 15.7 Å². The molecule has 2 aromatic carbocycles. The Labute approximate surface area is 144 Å². The normalized spacial score (nSPS) is 11.5. The van der Waals surface area contributed by atoms with Gasteiger partial charge in [-0.05, 0) is 30.3 Å². The first-order valence-corrected chi connectivity index (χ1v) is 8.74. The van der Waals surface area contributed by atoms with Gasteiger partial charge in [0.25, 0.3) is 10.0 Å². The highest BCUT2D eigenvalue weighted by molar-refractivity contribution is 9.10. The average Bonchev–Trinajstić information content (AvgIpc) is 2.30. The summed E-state index contributed by atoms with van der Waals surface area (Å²) in [6.45, 7) is 0. The molecule has 0 heterocycles. The van der Waals surface area contributed by atoms with Crippen LogP contribution < -0.4 is 4.72 Å². The van der Waals surface area contributed by atoms with Crippen molar-refractivity contribution >= 4 is 66.4 Å². The van der Waals surface area contributed by atoms with Crippen LogP contribution in [0.5, 0.6) is 0 Å². The van der Waals surface area contributed by atoms with E-state index >= 15 is 0 Å². The molecule has 0 amide bonds. The summed E-state index contributed by atoms with van der Waals surface area (Å²) < 4.78 is 40.9. The van der Waals surface area contributed by atoms with Crippen molar-refractivity contribution in [3.05, 3.63) is 55.7 Å². The Morgan fingerprint density at radius 3 is 2.14 bits per heavy atom. The van der Waals surface area contributed by atoms with Gasteiger partial charge in [-0.15, -0.1) is 0 Å². The van der Waals surface area contributed by atoms with Crippen LogP contribution in [0.4, 0.5) is 10.1 Å². The molecule has 0 unspecified atom stereocenters. The topological polar surface area (TPSA) is 46.2 Å². The molecule has 0 saturated heterocycles. The van der Waals surface area contributed by atoms with Crippen LogP contribution in [0.25, 0.3) is 0 Å². The van der Waals surface area contributed by atoms with Crippen molar-refractivity contribution in [2.75, 3.05) is 4.72 Å². The highest BCUT2D eigenvalue weighted by atomic mass is 79.9. The predicted molar refractivity (Wildman–Crippen MR) is 86.4 cm³/mol. The monoisotopic (exact) mass is 431 g/mol. The van der Waals surface area contributed by atoms with E-state index in [2.05, 4.69) is 20.7 Å². The zero-order chi connectivity index (χ0) is 15.8. The van der Waals surface area contributed by atoms with Gasteiger partial charge >= 0.3 is 0 Å². The molecule has 9 heteroatoms. The number of sulfonamides is 1. The highest BCUT2D eigenvalue weighted by Gasteiger charge is 2.23. The van der Waals surface area contributed by atoms with E-state index < -0.39 is 15.8 Å². The lowest BCUT2D eigenvalue weighted by Gasteiger charge is -2.12. The Morgan fingerprint density at radius 2 is 1.62 bits per heavy atom. The molecule has 21 heavy (non-hydrogen) atoms. The molecule has 0 aliphatic carbocycles. The van der Waals surface area contributed by atoms with Gasteiger partial charge in [-0.3, -0.25) is 4.72 Å². The van der Waals surface area contributed by atoms with Gasteiger partial charge < -0.3 is 0 Å². The number of nitrogens with one attached hydrogen (secondary N) is 1. The van der Waals surface area contributed by atoms with Crippen molar-refractivity contribution < 1.29 is 12.8 Å². The molecular weight excluding hydrogens is 427 g/mol. The summed E-state index contributed by atoms with van der Waals surface area (Å²) in [4.78, 5) is -0.330. The van der Waals surface area contributed by atoms with Crippen molar-refractivity contribution in [1.82, 2.24) is 0 Å². The van der Waals surface area contributed by atoms with Crippen molar-refractivity contribution in [3.63, 3.8) is 0 Å². The van der Waals surface area contributed by atoms with Crippen LogP contribution in [-0.4, -0.2) is 8.42 Å². The van der Waals surface area contributed by atoms with Crippen LogP contribution in [0.15, 0.2) is 39.7 Å². The molecule has 1 N–H and O–H groups in total. The van der Waals surface area contributed by atoms with Crippen LogP contribution in [0.2, 0.25) is 15.1 Å². The minimum absolute atomic E-state index is 0.0868. The number of rotatable bonds is 3. The molecule has 3 nitrogen and oxygen atoms in total. The van der Waals surface area contributed by atoms with Gasteiger partial charge in [0.2, 0.25) is 0 Å². The summed E-state index contributed by atoms with van der Waals surface area (Å²) in [5.74, 6) is -0.810. The first kappa shape index (κ1) is 16.8. The molecule has 0 spiro atoms. The van der Waals surface area contributed by atoms with Crippen LogP contribution >= 0.6 is 50.7 Å². The number of benzene rings is 2. The predicted octanol–water partition coefficient (Wildman–Crippen LogP) is 5.35. The Hall–Kier alpha value is -0.530. The largest absolute Gasteiger partial charge is 0.277 e. The lowest BCUT2D eigenvalue weighted by Crippen LogP contribution is -2.15. The third-order valence-corrected chi connectivity index (χ3v) is 5.39. The Morgan fingerprint density at radius 1 is 1.05 bits per heavy atom. The van der Waals surface area contributed by atoms with E-state index in [4.69, 9.17) is 34.8 Å². The quantitative estimate of drug-likeness (QED) is 0.709. The smallest absolute Gasteiger partial charge is 0.264 e. The molecule has 0 atom stereocenters. The molecule has 2 rings (SSSR count). The van der Waals surface area contributed by atoms with Gasteiger partial charge in [-0.1, -0.05) is 50.7 Å². The lowest BCUT2D eigenvalue weighted by atomic mass is 10.3. The van der Waals surface area contributed by atoms with Crippen LogP contribution in [0, 0.1) is 5.82 Å². The van der Waals surface area contributed by atoms with Crippen molar-refractivity contribution in [2.45, 2.75) is 4.90 Å². The van der Waals surface area contributed by atoms with Gasteiger partial charge in [0.1, 0.15) is 10.7 Å². The summed E-state index contributed by atoms with van der Waals surface area (Å²) in [5.41, 5.74) is -0.255. The summed E-state index contributed by atoms with van der Waals surface area (Å²) in [7, 11) is -4.14. The molecule has 0 radical (unpaired) electrons. The molecule has 0 fully saturated rings. The standard InChI is InChI=1S/C12H6BrCl3FNO2S/c13-6-3-8(15)12(9(16)4-6)21(19,20)18-11-2-1-7(14)5-10(11)17/h1-5,18H. The Kier molecular flexibility index (Phi) is 5.05. The second kappa shape index (κ2) is 6.30. The van der Waals surface area contributed by atoms with E-state index in [0.29, 0.717) is 4.47 Å². The molecule has 0 aliphatic rings. The van der Waals surface area contributed by atoms with E-state index in [1.54, 1.807) is 0 Å². The molecule has 0 aromatic heterocycles. The number of hydrogen-bond acceptors (Lipinski definition) is 2. The van der Waals surface area contributed by atoms with Crippen LogP contribution in [0.3, 0.4) is 0 Å². The average molecular weight is 434 g/mol. The maximum Gasteiger partial charge on any atom is 0.264 e. The summed E-state index contributed by atoms with van der Waals surface area (Å²) >= 11 is 20.6. The van der Waals surface area contributed by atoms with Crippen molar-refractivity contribution in [3.8, 4) is 0 Å². The fourth-order valence-corrected chi connectivity index (χ4v) is 4.72. The fraction of sp³-hybridized carbons (Fsp3) is 0. The number of hydrogen-bond donors (Lipinski definition) is 1. The number of anilines is 1. The first-order valence-electron chi connectivity index (χ1n) is 5.33. The van der Waals surface area contributed by atoms with Gasteiger partial charge in [-0.25, -0.2) is 12.8 Å². The van der Waals surface area contributed by atoms with E-state index in [-0.39, 0.29) is 25.7 Å². The summed E-state index contributed by atoms with van der Waals surface area (Å²) in [5, 5.41) is -0.0253. The van der Waals surface area contributed by atoms with Crippen LogP contribution in [0.1, 0.15) is 0 Å². The third-order valence-electron chi connectivity index (χ3n) is 2.41. The SMILES string of the molecule is O=S(=O)(Nc1ccc(Cl)cc1F)c1c(Cl)cc(Br)cc1Cl. The Bertz CT molecular complexity index is 791. The number of halogens is 5. The van der Waals surface area contributed by atoms with Crippen molar-refractivity contribution in [2.24, 2.45) is 0 Å². The Balaban J connectivity index is 2.48. The lowest BCUT2D eigenvalue weighted by molar-refractivity contribution is 0.598. The second-order valence-electron chi connectivity index (χ2n) is 3.93. The van der Waals surface area contributed by atoms with Crippen LogP contribution in [-0.2, 0) is 10.0 Å². The van der Waals surface area contributed by atoms with Gasteiger partial charge in [0, 0.05) is 9.50 Å². The molecule has 0 aliphatic heterocycles. The van der Waals surface area contributed by atoms with E-state index in [9.17, 15) is 12.8 Å². The minimum Gasteiger partial charge on any atom is -0.277 e. The summed E-state index contributed by atoms with van der Waals surface area (Å²) in [6.07, 6.45) is 0. The van der Waals surface area contributed by atoms with Gasteiger partial charge in [-0.2, -0.15) is 0 Å². The molecular formula is C12H6BrCl3FNO2S. The minimum atomic E-state index is -4.14. The molecule has 2 aromatic rings. The maximum atomic E-state index is 13.7. The second-order valence-corrected chi connectivity index (χ2v) is 7.71. The first-order chi connectivity index (χ1) is 9.70. The van der Waals surface area contributed by atoms with E-state index in [0.717, 1.165) is 6.07 Å². The third kappa shape index (κ3) is 3.81. The fourth-order valence-electron chi connectivity index (χ4n) is 1.55. The zero-order valence-corrected chi connectivity index (χ0v) is 14.7. The van der Waals surface area contributed by atoms with Crippen molar-refractivity contribution in [1.29, 1.82) is 0 Å². The van der Waals surface area contributed by atoms with Gasteiger partial charge in [0.15, 0.2) is 0 Å². The molecule has 0 bridgehead atoms.